The molecule has 5 heterocycles. The molecule has 2 N–H and O–H groups in total. The predicted molar refractivity (Wildman–Crippen MR) is 156 cm³/mol. The molecule has 5 aromatic rings. The summed E-state index contributed by atoms with van der Waals surface area (Å²) in [5.74, 6) is -2.09. The van der Waals surface area contributed by atoms with Gasteiger partial charge in [0.1, 0.15) is 29.3 Å². The zero-order valence-corrected chi connectivity index (χ0v) is 24.7. The Morgan fingerprint density at radius 3 is 2.59 bits per heavy atom. The quantitative estimate of drug-likeness (QED) is 0.250. The standard InChI is InChI=1S/C29H26ClF2N9O3/c1-14-9-17-10-15(19-12-16(30)5-7-20(19)40-13-33-38-39-40)11-22(42)41(17)24(14)27-36-23(26(32)37-27)18-6-8-21(34-25(18)31)35-28(43)44-29(2,3)4/h5-8,10-14,24H,9H2,1-4H3,(H,36,37)(H,34,35,43)/t14-,24-/m0/s1. The van der Waals surface area contributed by atoms with Crippen LogP contribution >= 0.6 is 11.6 Å². The second-order valence-corrected chi connectivity index (χ2v) is 11.9. The van der Waals surface area contributed by atoms with Gasteiger partial charge in [0.2, 0.25) is 11.9 Å². The van der Waals surface area contributed by atoms with Crippen molar-refractivity contribution in [3.05, 3.63) is 87.6 Å². The zero-order valence-electron chi connectivity index (χ0n) is 24.0. The van der Waals surface area contributed by atoms with Gasteiger partial charge in [-0.2, -0.15) is 13.5 Å². The number of H-pyrrole nitrogens is 1. The molecule has 1 aromatic carbocycles. The number of fused-ring (bicyclic) bond motifs is 1. The zero-order chi connectivity index (χ0) is 31.3. The predicted octanol–water partition coefficient (Wildman–Crippen LogP) is 5.34. The SMILES string of the molecule is C[C@H]1Cc2cc(-c3cc(Cl)ccc3-n3cnnn3)cc(=O)n2[C@@H]1c1nc(F)c(-c2ccc(NC(=O)OC(C)(C)C)nc2F)[nH]1. The molecule has 0 saturated heterocycles. The molecule has 0 radical (unpaired) electrons. The Kier molecular flexibility index (Phi) is 7.24. The van der Waals surface area contributed by atoms with Crippen LogP contribution in [0.3, 0.4) is 0 Å². The minimum Gasteiger partial charge on any atom is -0.444 e. The second-order valence-electron chi connectivity index (χ2n) is 11.4. The van der Waals surface area contributed by atoms with Gasteiger partial charge in [-0.3, -0.25) is 10.1 Å². The smallest absolute Gasteiger partial charge is 0.413 e. The molecule has 15 heteroatoms. The van der Waals surface area contributed by atoms with Gasteiger partial charge in [0.15, 0.2) is 0 Å². The Morgan fingerprint density at radius 1 is 1.09 bits per heavy atom. The number of carbonyl (C=O) groups is 1. The van der Waals surface area contributed by atoms with E-state index in [1.54, 1.807) is 43.5 Å². The van der Waals surface area contributed by atoms with E-state index < -0.39 is 29.6 Å². The average Bonchev–Trinajstić information content (AvgIpc) is 3.66. The number of hydrogen-bond acceptors (Lipinski definition) is 8. The number of tetrazole rings is 1. The molecule has 44 heavy (non-hydrogen) atoms. The van der Waals surface area contributed by atoms with Gasteiger partial charge in [0, 0.05) is 22.3 Å². The van der Waals surface area contributed by atoms with E-state index in [2.05, 4.69) is 35.8 Å². The van der Waals surface area contributed by atoms with Crippen molar-refractivity contribution in [3.8, 4) is 28.1 Å². The maximum atomic E-state index is 15.2. The van der Waals surface area contributed by atoms with Crippen molar-refractivity contribution in [1.29, 1.82) is 0 Å². The number of imidazole rings is 1. The van der Waals surface area contributed by atoms with Crippen molar-refractivity contribution < 1.29 is 18.3 Å². The van der Waals surface area contributed by atoms with Crippen molar-refractivity contribution in [2.24, 2.45) is 5.92 Å². The Bertz CT molecular complexity index is 1950. The van der Waals surface area contributed by atoms with E-state index >= 15 is 8.78 Å². The van der Waals surface area contributed by atoms with E-state index in [1.807, 2.05) is 13.0 Å². The van der Waals surface area contributed by atoms with E-state index in [9.17, 15) is 9.59 Å². The number of nitrogens with zero attached hydrogens (tertiary/aromatic N) is 7. The fourth-order valence-corrected chi connectivity index (χ4v) is 5.52. The van der Waals surface area contributed by atoms with Crippen LogP contribution in [0.1, 0.15) is 45.3 Å². The van der Waals surface area contributed by atoms with Crippen LogP contribution in [-0.4, -0.2) is 51.4 Å². The van der Waals surface area contributed by atoms with Crippen LogP contribution in [0.2, 0.25) is 5.02 Å². The molecule has 0 aliphatic carbocycles. The molecule has 2 atom stereocenters. The van der Waals surface area contributed by atoms with Crippen molar-refractivity contribution in [2.75, 3.05) is 5.32 Å². The number of rotatable bonds is 5. The van der Waals surface area contributed by atoms with Gasteiger partial charge in [-0.25, -0.2) is 14.8 Å². The van der Waals surface area contributed by atoms with Crippen LogP contribution in [0.4, 0.5) is 19.4 Å². The van der Waals surface area contributed by atoms with Gasteiger partial charge in [0.05, 0.1) is 17.3 Å². The Balaban J connectivity index is 1.32. The van der Waals surface area contributed by atoms with Gasteiger partial charge in [-0.05, 0) is 85.5 Å². The molecule has 6 rings (SSSR count). The summed E-state index contributed by atoms with van der Waals surface area (Å²) in [5.41, 5.74) is 1.08. The highest BCUT2D eigenvalue weighted by molar-refractivity contribution is 6.31. The van der Waals surface area contributed by atoms with E-state index in [0.717, 1.165) is 0 Å². The molecule has 0 bridgehead atoms. The minimum absolute atomic E-state index is 0.107. The molecular formula is C29H26ClF2N9O3. The number of hydrogen-bond donors (Lipinski definition) is 2. The van der Waals surface area contributed by atoms with Crippen molar-refractivity contribution >= 4 is 23.5 Å². The number of benzene rings is 1. The molecule has 1 aliphatic heterocycles. The van der Waals surface area contributed by atoms with Gasteiger partial charge in [0.25, 0.3) is 5.56 Å². The maximum absolute atomic E-state index is 15.2. The van der Waals surface area contributed by atoms with E-state index in [4.69, 9.17) is 16.3 Å². The van der Waals surface area contributed by atoms with Crippen LogP contribution in [-0.2, 0) is 11.2 Å². The van der Waals surface area contributed by atoms with Crippen molar-refractivity contribution in [1.82, 2.24) is 39.7 Å². The molecule has 0 unspecified atom stereocenters. The summed E-state index contributed by atoms with van der Waals surface area (Å²) in [6, 6.07) is 10.5. The summed E-state index contributed by atoms with van der Waals surface area (Å²) in [6.45, 7) is 6.98. The topological polar surface area (TPSA) is 146 Å². The number of nitrogens with one attached hydrogen (secondary N) is 2. The molecule has 4 aromatic heterocycles. The first-order valence-electron chi connectivity index (χ1n) is 13.6. The summed E-state index contributed by atoms with van der Waals surface area (Å²) in [7, 11) is 0. The number of aromatic nitrogens is 8. The number of ether oxygens (including phenoxy) is 1. The monoisotopic (exact) mass is 621 g/mol. The lowest BCUT2D eigenvalue weighted by Gasteiger charge is -2.19. The summed E-state index contributed by atoms with van der Waals surface area (Å²) in [4.78, 5) is 36.3. The first-order chi connectivity index (χ1) is 20.9. The number of halogens is 3. The third-order valence-electron chi connectivity index (χ3n) is 7.07. The van der Waals surface area contributed by atoms with Crippen LogP contribution < -0.4 is 10.9 Å². The number of aromatic amines is 1. The number of amides is 1. The molecule has 0 fully saturated rings. The van der Waals surface area contributed by atoms with Crippen LogP contribution in [0, 0.1) is 17.8 Å². The Hall–Kier alpha value is -4.98. The third kappa shape index (κ3) is 5.55. The number of carbonyl (C=O) groups excluding carboxylic acids is 1. The molecule has 12 nitrogen and oxygen atoms in total. The molecule has 1 amide bonds. The number of anilines is 1. The average molecular weight is 622 g/mol. The molecule has 226 valence electrons. The number of pyridine rings is 2. The van der Waals surface area contributed by atoms with E-state index in [1.165, 1.54) is 29.2 Å². The summed E-state index contributed by atoms with van der Waals surface area (Å²) in [6.07, 6.45) is 1.13. The lowest BCUT2D eigenvalue weighted by molar-refractivity contribution is 0.0635. The molecular weight excluding hydrogens is 596 g/mol. The Morgan fingerprint density at radius 2 is 1.89 bits per heavy atom. The van der Waals surface area contributed by atoms with E-state index in [0.29, 0.717) is 34.0 Å². The highest BCUT2D eigenvalue weighted by Gasteiger charge is 2.35. The normalized spacial score (nSPS) is 16.2. The first kappa shape index (κ1) is 29.1. The molecule has 0 saturated carbocycles. The lowest BCUT2D eigenvalue weighted by atomic mass is 10.0. The molecule has 0 spiro atoms. The van der Waals surface area contributed by atoms with Crippen molar-refractivity contribution in [3.63, 3.8) is 0 Å². The van der Waals surface area contributed by atoms with Crippen LogP contribution in [0.15, 0.2) is 53.6 Å². The second kappa shape index (κ2) is 10.9. The third-order valence-corrected chi connectivity index (χ3v) is 7.30. The first-order valence-corrected chi connectivity index (χ1v) is 14.0. The summed E-state index contributed by atoms with van der Waals surface area (Å²) in [5, 5.41) is 14.2. The lowest BCUT2D eigenvalue weighted by Crippen LogP contribution is -2.27. The van der Waals surface area contributed by atoms with Gasteiger partial charge >= 0.3 is 6.09 Å². The molecule has 1 aliphatic rings. The van der Waals surface area contributed by atoms with E-state index in [-0.39, 0.29) is 34.4 Å². The van der Waals surface area contributed by atoms with Crippen LogP contribution in [0.25, 0.3) is 28.1 Å². The highest BCUT2D eigenvalue weighted by atomic mass is 35.5. The van der Waals surface area contributed by atoms with Gasteiger partial charge in [-0.15, -0.1) is 5.10 Å². The largest absolute Gasteiger partial charge is 0.444 e. The summed E-state index contributed by atoms with van der Waals surface area (Å²) >= 11 is 6.30. The Labute approximate surface area is 254 Å². The summed E-state index contributed by atoms with van der Waals surface area (Å²) < 4.78 is 38.4. The van der Waals surface area contributed by atoms with Crippen LogP contribution in [0.5, 0.6) is 0 Å². The maximum Gasteiger partial charge on any atom is 0.413 e. The fourth-order valence-electron chi connectivity index (χ4n) is 5.35. The fraction of sp³-hybridized carbons (Fsp3) is 0.276. The van der Waals surface area contributed by atoms with Crippen molar-refractivity contribution in [2.45, 2.75) is 45.8 Å². The highest BCUT2D eigenvalue weighted by Crippen LogP contribution is 2.38. The minimum atomic E-state index is -1.03. The van der Waals surface area contributed by atoms with Gasteiger partial charge in [-0.1, -0.05) is 18.5 Å². The van der Waals surface area contributed by atoms with Gasteiger partial charge < -0.3 is 14.3 Å².